The minimum absolute atomic E-state index is 0.139. The number of carbonyl (C=O) groups excluding carboxylic acids is 1. The predicted octanol–water partition coefficient (Wildman–Crippen LogP) is 2.55. The first kappa shape index (κ1) is 15.1. The van der Waals surface area contributed by atoms with Crippen molar-refractivity contribution < 1.29 is 14.3 Å². The summed E-state index contributed by atoms with van der Waals surface area (Å²) in [5.41, 5.74) is 2.46. The monoisotopic (exact) mass is 320 g/mol. The molecule has 0 bridgehead atoms. The molecule has 2 N–H and O–H groups in total. The van der Waals surface area contributed by atoms with Gasteiger partial charge in [-0.25, -0.2) is 0 Å². The van der Waals surface area contributed by atoms with Crippen LogP contribution < -0.4 is 14.8 Å². The molecule has 3 rings (SSSR count). The molecule has 1 aromatic heterocycles. The van der Waals surface area contributed by atoms with Crippen molar-refractivity contribution in [1.82, 2.24) is 10.3 Å². The predicted molar refractivity (Wildman–Crippen MR) is 89.4 cm³/mol. The van der Waals surface area contributed by atoms with Crippen LogP contribution >= 0.6 is 12.6 Å². The number of rotatable bonds is 5. The molecule has 1 amide bonds. The van der Waals surface area contributed by atoms with Gasteiger partial charge in [0.25, 0.3) is 5.91 Å². The summed E-state index contributed by atoms with van der Waals surface area (Å²) in [5.74, 6) is 2.08. The lowest BCUT2D eigenvalue weighted by atomic mass is 10.1. The molecule has 118 valence electrons. The highest BCUT2D eigenvalue weighted by Gasteiger charge is 2.26. The highest BCUT2D eigenvalue weighted by atomic mass is 32.1. The van der Waals surface area contributed by atoms with Crippen molar-refractivity contribution in [2.45, 2.75) is 26.4 Å². The second-order valence-electron chi connectivity index (χ2n) is 5.38. The van der Waals surface area contributed by atoms with Crippen molar-refractivity contribution in [3.8, 4) is 11.5 Å². The average molecular weight is 320 g/mol. The topological polar surface area (TPSA) is 63.4 Å². The van der Waals surface area contributed by atoms with E-state index in [4.69, 9.17) is 9.47 Å². The van der Waals surface area contributed by atoms with E-state index in [0.717, 1.165) is 34.4 Å². The third-order valence-corrected chi connectivity index (χ3v) is 3.90. The van der Waals surface area contributed by atoms with Crippen LogP contribution in [-0.4, -0.2) is 35.9 Å². The van der Waals surface area contributed by atoms with Crippen LogP contribution in [0.2, 0.25) is 0 Å². The number of H-pyrrole nitrogens is 1. The third-order valence-electron chi connectivity index (χ3n) is 3.68. The van der Waals surface area contributed by atoms with Crippen molar-refractivity contribution in [2.75, 3.05) is 18.9 Å². The minimum Gasteiger partial charge on any atom is -0.493 e. The second kappa shape index (κ2) is 6.12. The van der Waals surface area contributed by atoms with E-state index in [1.54, 1.807) is 0 Å². The quantitative estimate of drug-likeness (QED) is 0.742. The van der Waals surface area contributed by atoms with Crippen LogP contribution in [0.25, 0.3) is 10.9 Å². The Hall–Kier alpha value is -1.82. The van der Waals surface area contributed by atoms with Crippen molar-refractivity contribution in [2.24, 2.45) is 0 Å². The van der Waals surface area contributed by atoms with Gasteiger partial charge in [-0.05, 0) is 26.0 Å². The number of hydrogen-bond donors (Lipinski definition) is 3. The largest absolute Gasteiger partial charge is 0.493 e. The first-order valence-electron chi connectivity index (χ1n) is 7.51. The molecular weight excluding hydrogens is 300 g/mol. The molecule has 1 aliphatic heterocycles. The standard InChI is InChI=1S/C16H20N2O3S/c1-3-20-13-7-10-6-9(2)21-15(10)14-11(13)8-12(18-14)16(19)17-4-5-22/h7-9,18,22H,3-6H2,1-2H3,(H,17,19). The SMILES string of the molecule is CCOc1cc2c(c3[nH]c(C(=O)NCCS)cc13)OC(C)C2. The lowest BCUT2D eigenvalue weighted by Gasteiger charge is -2.08. The molecule has 0 aliphatic carbocycles. The fourth-order valence-electron chi connectivity index (χ4n) is 2.79. The Bertz CT molecular complexity index is 711. The number of carbonyl (C=O) groups is 1. The maximum Gasteiger partial charge on any atom is 0.267 e. The van der Waals surface area contributed by atoms with Crippen molar-refractivity contribution in [3.63, 3.8) is 0 Å². The molecule has 0 spiro atoms. The highest BCUT2D eigenvalue weighted by molar-refractivity contribution is 7.80. The van der Waals surface area contributed by atoms with Crippen LogP contribution in [0.4, 0.5) is 0 Å². The van der Waals surface area contributed by atoms with Gasteiger partial charge >= 0.3 is 0 Å². The molecule has 0 saturated carbocycles. The number of aromatic amines is 1. The van der Waals surface area contributed by atoms with Crippen molar-refractivity contribution in [1.29, 1.82) is 0 Å². The Morgan fingerprint density at radius 2 is 2.36 bits per heavy atom. The maximum absolute atomic E-state index is 12.1. The van der Waals surface area contributed by atoms with Gasteiger partial charge in [0.15, 0.2) is 0 Å². The van der Waals surface area contributed by atoms with E-state index in [2.05, 4.69) is 22.9 Å². The molecule has 0 radical (unpaired) electrons. The number of aromatic nitrogens is 1. The van der Waals surface area contributed by atoms with Gasteiger partial charge in [0, 0.05) is 29.7 Å². The van der Waals surface area contributed by atoms with Gasteiger partial charge in [-0.2, -0.15) is 12.6 Å². The number of fused-ring (bicyclic) bond motifs is 3. The van der Waals surface area contributed by atoms with Crippen LogP contribution in [0.5, 0.6) is 11.5 Å². The molecule has 1 aliphatic rings. The van der Waals surface area contributed by atoms with Gasteiger partial charge in [0.1, 0.15) is 23.3 Å². The highest BCUT2D eigenvalue weighted by Crippen LogP contribution is 2.41. The normalized spacial score (nSPS) is 16.4. The number of hydrogen-bond acceptors (Lipinski definition) is 4. The summed E-state index contributed by atoms with van der Waals surface area (Å²) in [6, 6.07) is 3.84. The van der Waals surface area contributed by atoms with E-state index >= 15 is 0 Å². The summed E-state index contributed by atoms with van der Waals surface area (Å²) >= 11 is 4.10. The van der Waals surface area contributed by atoms with E-state index < -0.39 is 0 Å². The third kappa shape index (κ3) is 2.63. The number of ether oxygens (including phenoxy) is 2. The summed E-state index contributed by atoms with van der Waals surface area (Å²) in [7, 11) is 0. The van der Waals surface area contributed by atoms with E-state index in [0.29, 0.717) is 24.6 Å². The molecular formula is C16H20N2O3S. The minimum atomic E-state index is -0.146. The van der Waals surface area contributed by atoms with E-state index in [9.17, 15) is 4.79 Å². The number of thiol groups is 1. The van der Waals surface area contributed by atoms with Crippen LogP contribution in [0.3, 0.4) is 0 Å². The molecule has 6 heteroatoms. The first-order chi connectivity index (χ1) is 10.6. The maximum atomic E-state index is 12.1. The number of amides is 1. The van der Waals surface area contributed by atoms with E-state index in [1.807, 2.05) is 26.0 Å². The van der Waals surface area contributed by atoms with Gasteiger partial charge in [0.2, 0.25) is 0 Å². The molecule has 22 heavy (non-hydrogen) atoms. The Kier molecular flexibility index (Phi) is 4.20. The zero-order valence-electron chi connectivity index (χ0n) is 12.7. The van der Waals surface area contributed by atoms with Crippen LogP contribution in [0, 0.1) is 0 Å². The molecule has 0 saturated heterocycles. The Morgan fingerprint density at radius 3 is 3.09 bits per heavy atom. The molecule has 5 nitrogen and oxygen atoms in total. The van der Waals surface area contributed by atoms with Gasteiger partial charge < -0.3 is 19.8 Å². The molecule has 1 aromatic carbocycles. The zero-order valence-corrected chi connectivity index (χ0v) is 13.6. The van der Waals surface area contributed by atoms with Gasteiger partial charge in [-0.3, -0.25) is 4.79 Å². The zero-order chi connectivity index (χ0) is 15.7. The van der Waals surface area contributed by atoms with Gasteiger partial charge in [-0.15, -0.1) is 0 Å². The van der Waals surface area contributed by atoms with Crippen molar-refractivity contribution >= 4 is 29.4 Å². The van der Waals surface area contributed by atoms with Crippen LogP contribution in [0.1, 0.15) is 29.9 Å². The number of benzene rings is 1. The first-order valence-corrected chi connectivity index (χ1v) is 8.14. The molecule has 2 aromatic rings. The van der Waals surface area contributed by atoms with Gasteiger partial charge in [-0.1, -0.05) is 0 Å². The fourth-order valence-corrected chi connectivity index (χ4v) is 2.90. The van der Waals surface area contributed by atoms with E-state index in [-0.39, 0.29) is 12.0 Å². The summed E-state index contributed by atoms with van der Waals surface area (Å²) in [6.07, 6.45) is 0.991. The summed E-state index contributed by atoms with van der Waals surface area (Å²) in [4.78, 5) is 15.3. The van der Waals surface area contributed by atoms with Crippen LogP contribution in [0.15, 0.2) is 12.1 Å². The summed E-state index contributed by atoms with van der Waals surface area (Å²) in [6.45, 7) is 5.10. The molecule has 1 atom stereocenters. The smallest absolute Gasteiger partial charge is 0.267 e. The Labute approximate surface area is 134 Å². The Balaban J connectivity index is 2.07. The van der Waals surface area contributed by atoms with Gasteiger partial charge in [0.05, 0.1) is 12.1 Å². The molecule has 0 fully saturated rings. The summed E-state index contributed by atoms with van der Waals surface area (Å²) < 4.78 is 11.6. The Morgan fingerprint density at radius 1 is 1.55 bits per heavy atom. The molecule has 1 unspecified atom stereocenters. The lowest BCUT2D eigenvalue weighted by Crippen LogP contribution is -2.25. The molecule has 2 heterocycles. The average Bonchev–Trinajstić information content (AvgIpc) is 3.08. The second-order valence-corrected chi connectivity index (χ2v) is 5.83. The van der Waals surface area contributed by atoms with Crippen LogP contribution in [-0.2, 0) is 6.42 Å². The van der Waals surface area contributed by atoms with Crippen molar-refractivity contribution in [3.05, 3.63) is 23.4 Å². The van der Waals surface area contributed by atoms with E-state index in [1.165, 1.54) is 0 Å². The number of nitrogens with one attached hydrogen (secondary N) is 2. The summed E-state index contributed by atoms with van der Waals surface area (Å²) in [5, 5.41) is 3.69. The fraction of sp³-hybridized carbons (Fsp3) is 0.438. The lowest BCUT2D eigenvalue weighted by molar-refractivity contribution is 0.0952.